The van der Waals surface area contributed by atoms with E-state index in [4.69, 9.17) is 5.73 Å². The molecule has 4 aromatic heterocycles. The molecule has 0 radical (unpaired) electrons. The predicted molar refractivity (Wildman–Crippen MR) is 121 cm³/mol. The van der Waals surface area contributed by atoms with E-state index in [9.17, 15) is 8.78 Å². The number of nitrogens with two attached hydrogens (primary N) is 1. The summed E-state index contributed by atoms with van der Waals surface area (Å²) in [5.74, 6) is -0.378. The van der Waals surface area contributed by atoms with Crippen molar-refractivity contribution in [1.82, 2.24) is 29.4 Å². The molecule has 0 amide bonds. The van der Waals surface area contributed by atoms with E-state index in [2.05, 4.69) is 34.0 Å². The molecule has 2 N–H and O–H groups in total. The summed E-state index contributed by atoms with van der Waals surface area (Å²) in [5, 5.41) is 8.57. The summed E-state index contributed by atoms with van der Waals surface area (Å²) in [7, 11) is 0. The second-order valence-corrected chi connectivity index (χ2v) is 8.16. The molecule has 33 heavy (non-hydrogen) atoms. The first-order chi connectivity index (χ1) is 15.9. The highest BCUT2D eigenvalue weighted by Crippen LogP contribution is 2.30. The average Bonchev–Trinajstić information content (AvgIpc) is 3.41. The van der Waals surface area contributed by atoms with Crippen molar-refractivity contribution in [3.05, 3.63) is 84.3 Å². The van der Waals surface area contributed by atoms with Crippen molar-refractivity contribution in [1.29, 1.82) is 0 Å². The minimum absolute atomic E-state index is 0.0833. The van der Waals surface area contributed by atoms with Crippen LogP contribution in [-0.2, 0) is 0 Å². The summed E-state index contributed by atoms with van der Waals surface area (Å²) in [4.78, 5) is 8.69. The summed E-state index contributed by atoms with van der Waals surface area (Å²) in [6, 6.07) is 12.7. The zero-order chi connectivity index (χ0) is 23.1. The van der Waals surface area contributed by atoms with Crippen LogP contribution in [0.25, 0.3) is 28.2 Å². The van der Waals surface area contributed by atoms with Gasteiger partial charge in [-0.1, -0.05) is 26.0 Å². The number of hydrogen-bond acceptors (Lipinski definition) is 5. The first-order valence-corrected chi connectivity index (χ1v) is 10.5. The van der Waals surface area contributed by atoms with Crippen LogP contribution in [0.1, 0.15) is 25.5 Å². The molecule has 4 heterocycles. The third-order valence-corrected chi connectivity index (χ3v) is 5.50. The Labute approximate surface area is 188 Å². The minimum Gasteiger partial charge on any atom is -0.366 e. The van der Waals surface area contributed by atoms with E-state index in [1.807, 2.05) is 10.9 Å². The Kier molecular flexibility index (Phi) is 5.08. The number of rotatable bonds is 5. The van der Waals surface area contributed by atoms with Gasteiger partial charge in [0.1, 0.15) is 17.3 Å². The Morgan fingerprint density at radius 3 is 2.48 bits per heavy atom. The monoisotopic (exact) mass is 445 g/mol. The molecule has 0 spiro atoms. The lowest BCUT2D eigenvalue weighted by molar-refractivity contribution is 0.402. The molecule has 0 aliphatic heterocycles. The van der Waals surface area contributed by atoms with Crippen molar-refractivity contribution in [3.63, 3.8) is 0 Å². The summed E-state index contributed by atoms with van der Waals surface area (Å²) in [5.41, 5.74) is 9.19. The van der Waals surface area contributed by atoms with E-state index in [-0.39, 0.29) is 29.4 Å². The Bertz CT molecular complexity index is 1440. The van der Waals surface area contributed by atoms with Crippen LogP contribution in [0.4, 0.5) is 14.7 Å². The van der Waals surface area contributed by atoms with Crippen molar-refractivity contribution in [2.24, 2.45) is 5.92 Å². The number of aromatic nitrogens is 6. The zero-order valence-electron chi connectivity index (χ0n) is 18.0. The first-order valence-electron chi connectivity index (χ1n) is 10.5. The number of nitrogen functional groups attached to an aromatic ring is 1. The van der Waals surface area contributed by atoms with Gasteiger partial charge in [-0.05, 0) is 47.9 Å². The maximum Gasteiger partial charge on any atom is 0.240 e. The molecule has 1 atom stereocenters. The third kappa shape index (κ3) is 3.93. The molecule has 5 aromatic rings. The fraction of sp³-hybridized carbons (Fsp3) is 0.167. The lowest BCUT2D eigenvalue weighted by Crippen LogP contribution is -2.17. The second kappa shape index (κ2) is 8.09. The largest absolute Gasteiger partial charge is 0.366 e. The number of pyridine rings is 2. The molecule has 0 unspecified atom stereocenters. The molecule has 0 saturated carbocycles. The van der Waals surface area contributed by atoms with Crippen LogP contribution in [0, 0.1) is 17.6 Å². The Balaban J connectivity index is 1.52. The number of benzene rings is 1. The van der Waals surface area contributed by atoms with Crippen LogP contribution >= 0.6 is 0 Å². The Morgan fingerprint density at radius 2 is 1.73 bits per heavy atom. The van der Waals surface area contributed by atoms with Gasteiger partial charge in [0.25, 0.3) is 0 Å². The van der Waals surface area contributed by atoms with Crippen LogP contribution in [0.3, 0.4) is 0 Å². The topological polar surface area (TPSA) is 86.9 Å². The molecule has 0 bridgehead atoms. The molecule has 0 aliphatic carbocycles. The fourth-order valence-electron chi connectivity index (χ4n) is 3.98. The van der Waals surface area contributed by atoms with Gasteiger partial charge in [0, 0.05) is 23.5 Å². The van der Waals surface area contributed by atoms with Gasteiger partial charge in [-0.25, -0.2) is 18.3 Å². The summed E-state index contributed by atoms with van der Waals surface area (Å²) < 4.78 is 31.4. The van der Waals surface area contributed by atoms with Crippen LogP contribution in [0.2, 0.25) is 0 Å². The molecule has 7 nitrogen and oxygen atoms in total. The van der Waals surface area contributed by atoms with E-state index in [0.29, 0.717) is 16.9 Å². The van der Waals surface area contributed by atoms with Gasteiger partial charge in [0.05, 0.1) is 17.9 Å². The van der Waals surface area contributed by atoms with E-state index < -0.39 is 5.82 Å². The van der Waals surface area contributed by atoms with Gasteiger partial charge in [0.2, 0.25) is 5.95 Å². The van der Waals surface area contributed by atoms with E-state index in [1.54, 1.807) is 42.7 Å². The third-order valence-electron chi connectivity index (χ3n) is 5.50. The Hall–Kier alpha value is -4.14. The molecule has 5 rings (SSSR count). The Morgan fingerprint density at radius 1 is 0.939 bits per heavy atom. The predicted octanol–water partition coefficient (Wildman–Crippen LogP) is 4.76. The van der Waals surface area contributed by atoms with E-state index in [0.717, 1.165) is 11.1 Å². The summed E-state index contributed by atoms with van der Waals surface area (Å²) in [6.07, 6.45) is 5.24. The van der Waals surface area contributed by atoms with Gasteiger partial charge >= 0.3 is 0 Å². The lowest BCUT2D eigenvalue weighted by atomic mass is 9.96. The molecule has 9 heteroatoms. The maximum atomic E-state index is 14.7. The average molecular weight is 445 g/mol. The molecular formula is C24H21F2N7. The highest BCUT2D eigenvalue weighted by Gasteiger charge is 2.20. The smallest absolute Gasteiger partial charge is 0.240 e. The second-order valence-electron chi connectivity index (χ2n) is 8.16. The van der Waals surface area contributed by atoms with Crippen LogP contribution in [0.5, 0.6) is 0 Å². The number of fused-ring (bicyclic) bond motifs is 1. The van der Waals surface area contributed by atoms with Gasteiger partial charge in [0.15, 0.2) is 5.65 Å². The number of hydrogen-bond donors (Lipinski definition) is 1. The quantitative estimate of drug-likeness (QED) is 0.421. The van der Waals surface area contributed by atoms with Crippen molar-refractivity contribution in [3.8, 4) is 22.5 Å². The summed E-state index contributed by atoms with van der Waals surface area (Å²) in [6.45, 7) is 4.16. The molecule has 0 fully saturated rings. The van der Waals surface area contributed by atoms with E-state index in [1.165, 1.54) is 22.7 Å². The molecule has 0 saturated heterocycles. The van der Waals surface area contributed by atoms with Crippen molar-refractivity contribution < 1.29 is 8.78 Å². The molecule has 166 valence electrons. The van der Waals surface area contributed by atoms with Crippen molar-refractivity contribution in [2.75, 3.05) is 5.73 Å². The highest BCUT2D eigenvalue weighted by atomic mass is 19.1. The fourth-order valence-corrected chi connectivity index (χ4v) is 3.98. The lowest BCUT2D eigenvalue weighted by Gasteiger charge is -2.22. The van der Waals surface area contributed by atoms with Crippen LogP contribution in [0.15, 0.2) is 67.1 Å². The molecular weight excluding hydrogens is 424 g/mol. The molecule has 0 aliphatic rings. The van der Waals surface area contributed by atoms with Gasteiger partial charge in [-0.2, -0.15) is 10.1 Å². The standard InChI is InChI=1S/C24H21F2N7/c1-14(2)23(15-3-5-18(25)6-4-15)33-13-17(12-28-33)20-8-7-19(26)22(29-20)16-9-10-32-21(11-16)30-24(27)31-32/h3-14,23H,1-2H3,(H2,27,31)/t23-/m1/s1. The van der Waals surface area contributed by atoms with Crippen LogP contribution in [-0.4, -0.2) is 29.4 Å². The van der Waals surface area contributed by atoms with Gasteiger partial charge in [-0.3, -0.25) is 4.68 Å². The van der Waals surface area contributed by atoms with Gasteiger partial charge < -0.3 is 5.73 Å². The SMILES string of the molecule is CC(C)[C@H](c1ccc(F)cc1)n1cc(-c2ccc(F)c(-c3ccn4nc(N)nc4c3)n2)cn1. The van der Waals surface area contributed by atoms with Crippen molar-refractivity contribution in [2.45, 2.75) is 19.9 Å². The summed E-state index contributed by atoms with van der Waals surface area (Å²) >= 11 is 0. The normalized spacial score (nSPS) is 12.5. The first kappa shape index (κ1) is 20.7. The van der Waals surface area contributed by atoms with Crippen molar-refractivity contribution >= 4 is 11.6 Å². The number of halogens is 2. The minimum atomic E-state index is -0.450. The van der Waals surface area contributed by atoms with Crippen LogP contribution < -0.4 is 5.73 Å². The highest BCUT2D eigenvalue weighted by molar-refractivity contribution is 5.68. The van der Waals surface area contributed by atoms with E-state index >= 15 is 0 Å². The van der Waals surface area contributed by atoms with Gasteiger partial charge in [-0.15, -0.1) is 5.10 Å². The maximum absolute atomic E-state index is 14.7. The number of anilines is 1. The number of nitrogens with zero attached hydrogens (tertiary/aromatic N) is 6. The molecule has 1 aromatic carbocycles. The zero-order valence-corrected chi connectivity index (χ0v) is 18.0.